The van der Waals surface area contributed by atoms with Gasteiger partial charge in [-0.3, -0.25) is 9.69 Å². The maximum absolute atomic E-state index is 12.9. The first-order valence-electron chi connectivity index (χ1n) is 7.62. The molecule has 1 aromatic rings. The summed E-state index contributed by atoms with van der Waals surface area (Å²) in [4.78, 5) is 14.3. The Balaban J connectivity index is 1.78. The number of amides is 1. The van der Waals surface area contributed by atoms with E-state index in [1.807, 2.05) is 32.9 Å². The second kappa shape index (κ2) is 6.56. The maximum Gasteiger partial charge on any atom is 0.225 e. The minimum Gasteiger partial charge on any atom is -0.353 e. The van der Waals surface area contributed by atoms with Crippen LogP contribution in [0.5, 0.6) is 0 Å². The van der Waals surface area contributed by atoms with Crippen molar-refractivity contribution in [2.45, 2.75) is 46.2 Å². The van der Waals surface area contributed by atoms with Crippen molar-refractivity contribution in [3.8, 4) is 0 Å². The monoisotopic (exact) mass is 292 g/mol. The summed E-state index contributed by atoms with van der Waals surface area (Å²) in [7, 11) is 0. The highest BCUT2D eigenvalue weighted by Gasteiger charge is 2.26. The normalized spacial score (nSPS) is 17.7. The lowest BCUT2D eigenvalue weighted by Crippen LogP contribution is -2.47. The summed E-state index contributed by atoms with van der Waals surface area (Å²) < 4.78 is 12.9. The molecule has 1 fully saturated rings. The van der Waals surface area contributed by atoms with E-state index in [4.69, 9.17) is 0 Å². The van der Waals surface area contributed by atoms with Crippen molar-refractivity contribution in [1.82, 2.24) is 10.2 Å². The predicted octanol–water partition coefficient (Wildman–Crippen LogP) is 2.95. The molecule has 3 nitrogen and oxygen atoms in total. The number of rotatable bonds is 3. The number of hydrogen-bond acceptors (Lipinski definition) is 2. The second-order valence-corrected chi connectivity index (χ2v) is 6.90. The average molecular weight is 292 g/mol. The van der Waals surface area contributed by atoms with E-state index in [0.29, 0.717) is 0 Å². The van der Waals surface area contributed by atoms with E-state index in [1.165, 1.54) is 12.1 Å². The minimum atomic E-state index is -0.328. The fourth-order valence-electron chi connectivity index (χ4n) is 2.49. The van der Waals surface area contributed by atoms with E-state index in [9.17, 15) is 9.18 Å². The number of benzene rings is 1. The van der Waals surface area contributed by atoms with Crippen LogP contribution in [0.15, 0.2) is 24.3 Å². The lowest BCUT2D eigenvalue weighted by Gasteiger charge is -2.33. The van der Waals surface area contributed by atoms with E-state index in [1.54, 1.807) is 0 Å². The van der Waals surface area contributed by atoms with E-state index < -0.39 is 0 Å². The summed E-state index contributed by atoms with van der Waals surface area (Å²) in [5.74, 6) is -0.0677. The van der Waals surface area contributed by atoms with Gasteiger partial charge >= 0.3 is 0 Å². The largest absolute Gasteiger partial charge is 0.353 e. The quantitative estimate of drug-likeness (QED) is 0.929. The molecule has 1 aliphatic rings. The van der Waals surface area contributed by atoms with Gasteiger partial charge in [0.15, 0.2) is 0 Å². The van der Waals surface area contributed by atoms with Gasteiger partial charge in [-0.25, -0.2) is 4.39 Å². The van der Waals surface area contributed by atoms with Crippen LogP contribution in [0.2, 0.25) is 0 Å². The van der Waals surface area contributed by atoms with Crippen LogP contribution < -0.4 is 5.32 Å². The Kier molecular flexibility index (Phi) is 4.99. The first-order valence-corrected chi connectivity index (χ1v) is 7.62. The molecule has 0 saturated carbocycles. The fourth-order valence-corrected chi connectivity index (χ4v) is 2.49. The molecular weight excluding hydrogens is 267 g/mol. The summed E-state index contributed by atoms with van der Waals surface area (Å²) >= 11 is 0. The van der Waals surface area contributed by atoms with Gasteiger partial charge in [0.1, 0.15) is 5.82 Å². The summed E-state index contributed by atoms with van der Waals surface area (Å²) in [6.07, 6.45) is 1.95. The third-order valence-corrected chi connectivity index (χ3v) is 3.92. The van der Waals surface area contributed by atoms with Gasteiger partial charge in [0.05, 0.1) is 0 Å². The van der Waals surface area contributed by atoms with Crippen molar-refractivity contribution in [2.75, 3.05) is 13.1 Å². The van der Waals surface area contributed by atoms with Crippen LogP contribution in [0.1, 0.15) is 39.2 Å². The van der Waals surface area contributed by atoms with Crippen LogP contribution in [0, 0.1) is 11.2 Å². The second-order valence-electron chi connectivity index (χ2n) is 6.90. The lowest BCUT2D eigenvalue weighted by molar-refractivity contribution is -0.129. The van der Waals surface area contributed by atoms with Crippen LogP contribution in [-0.4, -0.2) is 29.9 Å². The third-order valence-electron chi connectivity index (χ3n) is 3.92. The molecule has 0 aliphatic carbocycles. The number of likely N-dealkylation sites (tertiary alicyclic amines) is 1. The molecule has 1 aromatic carbocycles. The number of piperidine rings is 1. The van der Waals surface area contributed by atoms with Crippen LogP contribution >= 0.6 is 0 Å². The highest BCUT2D eigenvalue weighted by atomic mass is 19.1. The van der Waals surface area contributed by atoms with E-state index >= 15 is 0 Å². The first-order chi connectivity index (χ1) is 9.84. The molecule has 0 bridgehead atoms. The number of nitrogens with one attached hydrogen (secondary N) is 1. The van der Waals surface area contributed by atoms with Crippen molar-refractivity contribution in [3.05, 3.63) is 35.6 Å². The number of hydrogen-bond donors (Lipinski definition) is 1. The smallest absolute Gasteiger partial charge is 0.225 e. The van der Waals surface area contributed by atoms with Crippen LogP contribution in [0.4, 0.5) is 4.39 Å². The molecule has 1 saturated heterocycles. The van der Waals surface area contributed by atoms with Crippen molar-refractivity contribution >= 4 is 5.91 Å². The Morgan fingerprint density at radius 3 is 2.33 bits per heavy atom. The van der Waals surface area contributed by atoms with Crippen molar-refractivity contribution in [3.63, 3.8) is 0 Å². The van der Waals surface area contributed by atoms with Gasteiger partial charge in [-0.2, -0.15) is 0 Å². The zero-order chi connectivity index (χ0) is 15.5. The molecule has 0 atom stereocenters. The number of carbonyl (C=O) groups excluding carboxylic acids is 1. The molecule has 116 valence electrons. The average Bonchev–Trinajstić information content (AvgIpc) is 2.42. The zero-order valence-electron chi connectivity index (χ0n) is 13.2. The third kappa shape index (κ3) is 4.81. The molecule has 0 unspecified atom stereocenters. The highest BCUT2D eigenvalue weighted by Crippen LogP contribution is 2.17. The van der Waals surface area contributed by atoms with Gasteiger partial charge in [0, 0.05) is 31.1 Å². The topological polar surface area (TPSA) is 32.3 Å². The molecule has 0 radical (unpaired) electrons. The van der Waals surface area contributed by atoms with Gasteiger partial charge in [0.2, 0.25) is 5.91 Å². The Labute approximate surface area is 126 Å². The van der Waals surface area contributed by atoms with E-state index in [2.05, 4.69) is 10.2 Å². The van der Waals surface area contributed by atoms with Gasteiger partial charge in [-0.1, -0.05) is 32.9 Å². The first kappa shape index (κ1) is 16.0. The zero-order valence-corrected chi connectivity index (χ0v) is 13.2. The van der Waals surface area contributed by atoms with Gasteiger partial charge in [-0.15, -0.1) is 0 Å². The molecule has 1 aliphatic heterocycles. The number of halogens is 1. The van der Waals surface area contributed by atoms with Gasteiger partial charge in [-0.05, 0) is 30.5 Å². The standard InChI is InChI=1S/C17H25FN2O/c1-17(2,3)16(21)19-15-8-10-20(11-9-15)12-13-4-6-14(18)7-5-13/h4-7,15H,8-12H2,1-3H3,(H,19,21). The van der Waals surface area contributed by atoms with Crippen molar-refractivity contribution in [1.29, 1.82) is 0 Å². The summed E-state index contributed by atoms with van der Waals surface area (Å²) in [6.45, 7) is 8.59. The molecule has 0 aromatic heterocycles. The Morgan fingerprint density at radius 1 is 1.24 bits per heavy atom. The Hall–Kier alpha value is -1.42. The molecule has 2 rings (SSSR count). The van der Waals surface area contributed by atoms with Gasteiger partial charge < -0.3 is 5.32 Å². The fraction of sp³-hybridized carbons (Fsp3) is 0.588. The molecule has 1 heterocycles. The Morgan fingerprint density at radius 2 is 1.81 bits per heavy atom. The van der Waals surface area contributed by atoms with E-state index in [-0.39, 0.29) is 23.2 Å². The summed E-state index contributed by atoms with van der Waals surface area (Å²) in [5, 5.41) is 3.14. The molecule has 21 heavy (non-hydrogen) atoms. The molecule has 1 amide bonds. The van der Waals surface area contributed by atoms with Crippen LogP contribution in [-0.2, 0) is 11.3 Å². The van der Waals surface area contributed by atoms with Gasteiger partial charge in [0.25, 0.3) is 0 Å². The number of nitrogens with zero attached hydrogens (tertiary/aromatic N) is 1. The number of carbonyl (C=O) groups is 1. The summed E-state index contributed by atoms with van der Waals surface area (Å²) in [6, 6.07) is 6.96. The molecule has 0 spiro atoms. The highest BCUT2D eigenvalue weighted by molar-refractivity contribution is 5.81. The van der Waals surface area contributed by atoms with Crippen LogP contribution in [0.3, 0.4) is 0 Å². The predicted molar refractivity (Wildman–Crippen MR) is 82.3 cm³/mol. The molecular formula is C17H25FN2O. The van der Waals surface area contributed by atoms with Crippen molar-refractivity contribution in [2.24, 2.45) is 5.41 Å². The Bertz CT molecular complexity index is 471. The minimum absolute atomic E-state index is 0.125. The maximum atomic E-state index is 12.9. The lowest BCUT2D eigenvalue weighted by atomic mass is 9.94. The van der Waals surface area contributed by atoms with Crippen LogP contribution in [0.25, 0.3) is 0 Å². The molecule has 1 N–H and O–H groups in total. The van der Waals surface area contributed by atoms with E-state index in [0.717, 1.165) is 38.0 Å². The SMILES string of the molecule is CC(C)(C)C(=O)NC1CCN(Cc2ccc(F)cc2)CC1. The van der Waals surface area contributed by atoms with Crippen molar-refractivity contribution < 1.29 is 9.18 Å². The molecule has 4 heteroatoms. The summed E-state index contributed by atoms with van der Waals surface area (Å²) in [5.41, 5.74) is 0.805.